The van der Waals surface area contributed by atoms with E-state index in [1.54, 1.807) is 27.7 Å². The first-order valence-electron chi connectivity index (χ1n) is 26.3. The first kappa shape index (κ1) is 64.5. The molecule has 0 bridgehead atoms. The molecule has 25 heteroatoms. The lowest BCUT2D eigenvalue weighted by atomic mass is 9.98. The summed E-state index contributed by atoms with van der Waals surface area (Å²) in [5.41, 5.74) is 20.3. The summed E-state index contributed by atoms with van der Waals surface area (Å²) >= 11 is 0. The molecule has 2 aromatic rings. The fraction of sp³-hybridized carbons (Fsp3) is 0.566. The number of carbonyl (C=O) groups excluding carboxylic acids is 8. The summed E-state index contributed by atoms with van der Waals surface area (Å²) in [4.78, 5) is 136. The number of rotatable bonds is 33. The maximum Gasteiger partial charge on any atom is 0.407 e. The van der Waals surface area contributed by atoms with Crippen LogP contribution in [0.15, 0.2) is 53.5 Å². The molecule has 430 valence electrons. The molecular formula is C53H80N12O13. The lowest BCUT2D eigenvalue weighted by Gasteiger charge is -2.28. The number of benzene rings is 2. The molecule has 0 unspecified atom stereocenters. The fourth-order valence-electron chi connectivity index (χ4n) is 8.55. The molecule has 0 saturated heterocycles. The van der Waals surface area contributed by atoms with E-state index in [0.29, 0.717) is 12.8 Å². The number of nitrogens with one attached hydrogen (secondary N) is 8. The number of ether oxygens (including phenoxy) is 1. The molecule has 0 fully saturated rings. The predicted molar refractivity (Wildman–Crippen MR) is 289 cm³/mol. The van der Waals surface area contributed by atoms with Gasteiger partial charge in [-0.15, -0.1) is 0 Å². The smallest absolute Gasteiger partial charge is 0.407 e. The number of aliphatic imine (C=N–C) groups is 1. The number of alkyl carbamates (subject to hydrolysis) is 1. The summed E-state index contributed by atoms with van der Waals surface area (Å²) in [5.74, 6) is -8.88. The van der Waals surface area contributed by atoms with E-state index in [-0.39, 0.29) is 81.9 Å². The second-order valence-electron chi connectivity index (χ2n) is 20.2. The highest BCUT2D eigenvalue weighted by atomic mass is 16.5. The van der Waals surface area contributed by atoms with Crippen molar-refractivity contribution in [2.75, 3.05) is 19.7 Å². The highest BCUT2D eigenvalue weighted by Crippen LogP contribution is 2.44. The van der Waals surface area contributed by atoms with Crippen molar-refractivity contribution in [3.63, 3.8) is 0 Å². The molecule has 2 aromatic carbocycles. The largest absolute Gasteiger partial charge is 0.481 e. The number of amides is 8. The fourth-order valence-corrected chi connectivity index (χ4v) is 8.55. The van der Waals surface area contributed by atoms with Crippen LogP contribution in [0.1, 0.15) is 123 Å². The minimum Gasteiger partial charge on any atom is -0.481 e. The van der Waals surface area contributed by atoms with Gasteiger partial charge in [0.25, 0.3) is 0 Å². The SMILES string of the molecule is CC(C)C[C@H](NC(=O)[C@H](C)NC(=O)[C@H](C)NC(=O)[C@H](CCC(=O)O)NC(=O)OCC1c2ccccc2-c2ccccc21)C(=O)N[C@@H](CCCCN)C(=O)N[C@@H](CC(C)C)C(=O)N[C@@H](C)C(=O)N[C@@H](CCCN=C(N)N)C(=O)O. The molecule has 0 radical (unpaired) electrons. The molecule has 1 aliphatic carbocycles. The van der Waals surface area contributed by atoms with E-state index in [1.807, 2.05) is 48.5 Å². The van der Waals surface area contributed by atoms with Gasteiger partial charge >= 0.3 is 18.0 Å². The average Bonchev–Trinajstić information content (AvgIpc) is 3.69. The highest BCUT2D eigenvalue weighted by Gasteiger charge is 2.35. The van der Waals surface area contributed by atoms with Crippen LogP contribution in [0.5, 0.6) is 0 Å². The van der Waals surface area contributed by atoms with E-state index in [0.717, 1.165) is 22.3 Å². The molecule has 0 aromatic heterocycles. The van der Waals surface area contributed by atoms with Gasteiger partial charge in [-0.05, 0) is 113 Å². The number of nitrogens with zero attached hydrogens (tertiary/aromatic N) is 1. The zero-order valence-corrected chi connectivity index (χ0v) is 45.5. The van der Waals surface area contributed by atoms with E-state index >= 15 is 0 Å². The Hall–Kier alpha value is -7.83. The molecule has 25 nitrogen and oxygen atoms in total. The normalized spacial score (nSPS) is 14.7. The Morgan fingerprint density at radius 2 is 0.936 bits per heavy atom. The Morgan fingerprint density at radius 3 is 1.42 bits per heavy atom. The van der Waals surface area contributed by atoms with Crippen LogP contribution in [-0.2, 0) is 47.9 Å². The van der Waals surface area contributed by atoms with E-state index in [4.69, 9.17) is 21.9 Å². The molecule has 0 heterocycles. The van der Waals surface area contributed by atoms with Gasteiger partial charge in [-0.1, -0.05) is 76.2 Å². The lowest BCUT2D eigenvalue weighted by Crippen LogP contribution is -2.59. The molecule has 8 amide bonds. The van der Waals surface area contributed by atoms with Crippen LogP contribution < -0.4 is 59.7 Å². The number of carbonyl (C=O) groups is 10. The summed E-state index contributed by atoms with van der Waals surface area (Å²) in [6, 6.07) is 5.18. The van der Waals surface area contributed by atoms with Gasteiger partial charge in [-0.2, -0.15) is 0 Å². The van der Waals surface area contributed by atoms with Crippen molar-refractivity contribution in [3.8, 4) is 11.1 Å². The first-order valence-corrected chi connectivity index (χ1v) is 26.3. The molecule has 3 rings (SSSR count). The van der Waals surface area contributed by atoms with Gasteiger partial charge in [0.15, 0.2) is 5.96 Å². The monoisotopic (exact) mass is 1090 g/mol. The van der Waals surface area contributed by atoms with Crippen LogP contribution in [0.3, 0.4) is 0 Å². The summed E-state index contributed by atoms with van der Waals surface area (Å²) in [5, 5.41) is 39.4. The zero-order valence-electron chi connectivity index (χ0n) is 45.5. The number of nitrogens with two attached hydrogens (primary N) is 3. The molecule has 1 aliphatic rings. The van der Waals surface area contributed by atoms with Crippen LogP contribution in [0.4, 0.5) is 4.79 Å². The minimum atomic E-state index is -1.43. The van der Waals surface area contributed by atoms with E-state index in [2.05, 4.69) is 47.5 Å². The first-order chi connectivity index (χ1) is 36.8. The predicted octanol–water partition coefficient (Wildman–Crippen LogP) is 0.571. The van der Waals surface area contributed by atoms with Crippen LogP contribution in [0, 0.1) is 11.8 Å². The quantitative estimate of drug-likeness (QED) is 0.0264. The Morgan fingerprint density at radius 1 is 0.526 bits per heavy atom. The Kier molecular flexibility index (Phi) is 26.5. The second kappa shape index (κ2) is 32.0. The summed E-state index contributed by atoms with van der Waals surface area (Å²) in [6.45, 7) is 11.5. The third-order valence-corrected chi connectivity index (χ3v) is 12.7. The topological polar surface area (TPSA) is 407 Å². The average molecular weight is 1090 g/mol. The number of aliphatic carboxylic acids is 2. The highest BCUT2D eigenvalue weighted by molar-refractivity contribution is 5.97. The van der Waals surface area contributed by atoms with Gasteiger partial charge in [0, 0.05) is 18.9 Å². The van der Waals surface area contributed by atoms with Crippen LogP contribution in [0.25, 0.3) is 11.1 Å². The third-order valence-electron chi connectivity index (χ3n) is 12.7. The van der Waals surface area contributed by atoms with Gasteiger partial charge in [0.1, 0.15) is 54.9 Å². The Balaban J connectivity index is 1.65. The Labute approximate surface area is 454 Å². The molecular weight excluding hydrogens is 1010 g/mol. The van der Waals surface area contributed by atoms with Crippen molar-refractivity contribution in [3.05, 3.63) is 59.7 Å². The molecule has 0 spiro atoms. The summed E-state index contributed by atoms with van der Waals surface area (Å²) < 4.78 is 5.57. The van der Waals surface area contributed by atoms with Gasteiger partial charge in [-0.25, -0.2) is 9.59 Å². The van der Waals surface area contributed by atoms with Crippen molar-refractivity contribution in [2.45, 2.75) is 161 Å². The minimum absolute atomic E-state index is 0.00441. The van der Waals surface area contributed by atoms with Gasteiger partial charge in [0.05, 0.1) is 0 Å². The molecule has 78 heavy (non-hydrogen) atoms. The molecule has 8 atom stereocenters. The molecule has 0 aliphatic heterocycles. The lowest BCUT2D eigenvalue weighted by molar-refractivity contribution is -0.142. The number of carboxylic acids is 2. The van der Waals surface area contributed by atoms with Crippen molar-refractivity contribution < 1.29 is 62.9 Å². The number of hydrogen-bond donors (Lipinski definition) is 13. The number of guanidine groups is 1. The van der Waals surface area contributed by atoms with Crippen LogP contribution in [-0.4, -0.2) is 144 Å². The van der Waals surface area contributed by atoms with Crippen molar-refractivity contribution in [1.29, 1.82) is 0 Å². The van der Waals surface area contributed by atoms with Gasteiger partial charge in [0.2, 0.25) is 41.4 Å². The van der Waals surface area contributed by atoms with E-state index in [1.165, 1.54) is 20.8 Å². The number of hydrogen-bond acceptors (Lipinski definition) is 13. The van der Waals surface area contributed by atoms with Crippen molar-refractivity contribution >= 4 is 65.3 Å². The number of carboxylic acid groups (broad SMARTS) is 2. The summed E-state index contributed by atoms with van der Waals surface area (Å²) in [7, 11) is 0. The molecule has 0 saturated carbocycles. The standard InChI is InChI=1S/C53H80N12O13/c1-28(2)25-41(49(73)60-32(7)45(69)62-40(51(75)76)20-14-24-57-52(55)56)64-48(72)38(19-12-13-23-54)61-50(74)42(26-29(3)4)63-46(70)31(6)58-44(68)30(5)59-47(71)39(21-22-43(66)67)65-53(77)78-27-37-35-17-10-8-15-33(35)34-16-9-11-18-36(34)37/h8-11,15-18,28-32,37-42H,12-14,19-27,54H2,1-7H3,(H,58,68)(H,59,71)(H,60,73)(H,61,74)(H,62,69)(H,63,70)(H,64,72)(H,65,77)(H,66,67)(H,75,76)(H4,55,56,57)/t30-,31-,32-,38-,39-,40-,41-,42-/m0/s1. The zero-order chi connectivity index (χ0) is 58.2. The Bertz CT molecular complexity index is 2400. The maximum atomic E-state index is 14.0. The van der Waals surface area contributed by atoms with E-state index in [9.17, 15) is 58.2 Å². The summed E-state index contributed by atoms with van der Waals surface area (Å²) in [6.07, 6.45) is -0.451. The van der Waals surface area contributed by atoms with Crippen molar-refractivity contribution in [1.82, 2.24) is 42.5 Å². The van der Waals surface area contributed by atoms with Gasteiger partial charge < -0.3 is 74.7 Å². The number of unbranched alkanes of at least 4 members (excludes halogenated alkanes) is 1. The maximum absolute atomic E-state index is 14.0. The third kappa shape index (κ3) is 21.3. The van der Waals surface area contributed by atoms with E-state index < -0.39 is 114 Å². The van der Waals surface area contributed by atoms with Crippen LogP contribution >= 0.6 is 0 Å². The molecule has 16 N–H and O–H groups in total. The van der Waals surface area contributed by atoms with Crippen molar-refractivity contribution in [2.24, 2.45) is 34.0 Å². The number of fused-ring (bicyclic) bond motifs is 3. The second-order valence-corrected chi connectivity index (χ2v) is 20.2. The van der Waals surface area contributed by atoms with Gasteiger partial charge in [-0.3, -0.25) is 43.3 Å². The van der Waals surface area contributed by atoms with Crippen LogP contribution in [0.2, 0.25) is 0 Å².